The molecule has 2 rings (SSSR count). The number of carboxylic acids is 1. The van der Waals surface area contributed by atoms with E-state index in [9.17, 15) is 9.90 Å². The Morgan fingerprint density at radius 1 is 1.29 bits per heavy atom. The highest BCUT2D eigenvalue weighted by atomic mass is 32.2. The summed E-state index contributed by atoms with van der Waals surface area (Å²) in [5.74, 6) is 0.773. The van der Waals surface area contributed by atoms with Crippen LogP contribution in [-0.2, 0) is 6.54 Å². The molecule has 0 amide bonds. The number of aromatic carboxylic acids is 1. The Hall–Kier alpha value is -1.88. The summed E-state index contributed by atoms with van der Waals surface area (Å²) in [4.78, 5) is 14.5. The van der Waals surface area contributed by atoms with E-state index in [1.165, 1.54) is 0 Å². The molecule has 0 bridgehead atoms. The van der Waals surface area contributed by atoms with Gasteiger partial charge in [-0.25, -0.2) is 4.79 Å². The van der Waals surface area contributed by atoms with Crippen molar-refractivity contribution in [1.29, 1.82) is 0 Å². The van der Waals surface area contributed by atoms with Gasteiger partial charge in [-0.3, -0.25) is 0 Å². The SMILES string of the molecule is CCSc1cccc(N(CC)Cc2ccco2)c1C(=O)O. The molecule has 0 aliphatic heterocycles. The fraction of sp³-hybridized carbons (Fsp3) is 0.312. The van der Waals surface area contributed by atoms with Gasteiger partial charge in [-0.05, 0) is 36.9 Å². The molecule has 2 aromatic rings. The standard InChI is InChI=1S/C16H19NO3S/c1-3-17(11-12-7-6-10-20-12)13-8-5-9-14(21-4-2)15(13)16(18)19/h5-10H,3-4,11H2,1-2H3,(H,18,19). The first-order chi connectivity index (χ1) is 10.2. The molecule has 21 heavy (non-hydrogen) atoms. The van der Waals surface area contributed by atoms with Crippen molar-refractivity contribution in [1.82, 2.24) is 0 Å². The molecule has 5 heteroatoms. The van der Waals surface area contributed by atoms with Crippen LogP contribution in [0, 0.1) is 0 Å². The number of furan rings is 1. The zero-order valence-electron chi connectivity index (χ0n) is 12.2. The third kappa shape index (κ3) is 3.61. The highest BCUT2D eigenvalue weighted by molar-refractivity contribution is 7.99. The maximum atomic E-state index is 11.7. The quantitative estimate of drug-likeness (QED) is 0.780. The lowest BCUT2D eigenvalue weighted by Gasteiger charge is -2.24. The lowest BCUT2D eigenvalue weighted by molar-refractivity contribution is 0.0693. The predicted octanol–water partition coefficient (Wildman–Crippen LogP) is 4.12. The molecule has 0 aliphatic carbocycles. The van der Waals surface area contributed by atoms with E-state index in [1.54, 1.807) is 18.0 Å². The van der Waals surface area contributed by atoms with Crippen LogP contribution in [0.15, 0.2) is 45.9 Å². The number of benzene rings is 1. The third-order valence-corrected chi connectivity index (χ3v) is 4.11. The second kappa shape index (κ2) is 7.22. The van der Waals surface area contributed by atoms with E-state index in [1.807, 2.05) is 49.1 Å². The van der Waals surface area contributed by atoms with Crippen molar-refractivity contribution >= 4 is 23.4 Å². The summed E-state index contributed by atoms with van der Waals surface area (Å²) in [7, 11) is 0. The molecule has 0 radical (unpaired) electrons. The van der Waals surface area contributed by atoms with Gasteiger partial charge in [0.25, 0.3) is 0 Å². The van der Waals surface area contributed by atoms with E-state index in [0.29, 0.717) is 18.7 Å². The van der Waals surface area contributed by atoms with Crippen molar-refractivity contribution in [2.24, 2.45) is 0 Å². The molecule has 0 aliphatic rings. The van der Waals surface area contributed by atoms with Crippen molar-refractivity contribution < 1.29 is 14.3 Å². The molecular weight excluding hydrogens is 286 g/mol. The minimum atomic E-state index is -0.889. The second-order valence-corrected chi connectivity index (χ2v) is 5.79. The van der Waals surface area contributed by atoms with Crippen LogP contribution in [0.3, 0.4) is 0 Å². The molecule has 0 spiro atoms. The maximum Gasteiger partial charge on any atom is 0.338 e. The smallest absolute Gasteiger partial charge is 0.338 e. The van der Waals surface area contributed by atoms with Gasteiger partial charge in [0.05, 0.1) is 24.1 Å². The zero-order valence-corrected chi connectivity index (χ0v) is 13.0. The van der Waals surface area contributed by atoms with Crippen molar-refractivity contribution in [3.63, 3.8) is 0 Å². The fourth-order valence-corrected chi connectivity index (χ4v) is 3.05. The molecule has 0 atom stereocenters. The molecular formula is C16H19NO3S. The number of hydrogen-bond acceptors (Lipinski definition) is 4. The molecule has 0 saturated carbocycles. The van der Waals surface area contributed by atoms with Crippen LogP contribution >= 0.6 is 11.8 Å². The van der Waals surface area contributed by atoms with Gasteiger partial charge in [-0.15, -0.1) is 11.8 Å². The number of thioether (sulfide) groups is 1. The van der Waals surface area contributed by atoms with Crippen LogP contribution < -0.4 is 4.90 Å². The summed E-state index contributed by atoms with van der Waals surface area (Å²) in [6, 6.07) is 9.36. The van der Waals surface area contributed by atoms with E-state index in [2.05, 4.69) is 0 Å². The average molecular weight is 305 g/mol. The normalized spacial score (nSPS) is 10.6. The number of nitrogens with zero attached hydrogens (tertiary/aromatic N) is 1. The minimum Gasteiger partial charge on any atom is -0.478 e. The lowest BCUT2D eigenvalue weighted by atomic mass is 10.1. The summed E-state index contributed by atoms with van der Waals surface area (Å²) in [5, 5.41) is 9.58. The summed E-state index contributed by atoms with van der Waals surface area (Å²) in [6.45, 7) is 5.29. The molecule has 112 valence electrons. The molecule has 0 unspecified atom stereocenters. The van der Waals surface area contributed by atoms with Gasteiger partial charge in [0, 0.05) is 11.4 Å². The first kappa shape index (κ1) is 15.5. The molecule has 0 saturated heterocycles. The van der Waals surface area contributed by atoms with Gasteiger partial charge in [-0.2, -0.15) is 0 Å². The summed E-state index contributed by atoms with van der Waals surface area (Å²) >= 11 is 1.55. The van der Waals surface area contributed by atoms with E-state index >= 15 is 0 Å². The van der Waals surface area contributed by atoms with E-state index < -0.39 is 5.97 Å². The molecule has 4 nitrogen and oxygen atoms in total. The van der Waals surface area contributed by atoms with Crippen LogP contribution in [0.4, 0.5) is 5.69 Å². The second-order valence-electron chi connectivity index (χ2n) is 4.48. The van der Waals surface area contributed by atoms with Crippen molar-refractivity contribution in [3.05, 3.63) is 47.9 Å². The molecule has 1 aromatic heterocycles. The van der Waals surface area contributed by atoms with E-state index in [0.717, 1.165) is 22.1 Å². The Morgan fingerprint density at radius 3 is 2.67 bits per heavy atom. The van der Waals surface area contributed by atoms with Crippen molar-refractivity contribution in [2.45, 2.75) is 25.3 Å². The van der Waals surface area contributed by atoms with Crippen LogP contribution in [0.5, 0.6) is 0 Å². The van der Waals surface area contributed by atoms with Gasteiger partial charge >= 0.3 is 5.97 Å². The van der Waals surface area contributed by atoms with Gasteiger partial charge in [0.2, 0.25) is 0 Å². The summed E-state index contributed by atoms with van der Waals surface area (Å²) in [6.07, 6.45) is 1.63. The van der Waals surface area contributed by atoms with Gasteiger partial charge < -0.3 is 14.4 Å². The van der Waals surface area contributed by atoms with Gasteiger partial charge in [-0.1, -0.05) is 13.0 Å². The Morgan fingerprint density at radius 2 is 2.10 bits per heavy atom. The Bertz CT molecular complexity index is 596. The number of anilines is 1. The molecule has 0 fully saturated rings. The molecule has 1 aromatic carbocycles. The number of hydrogen-bond donors (Lipinski definition) is 1. The largest absolute Gasteiger partial charge is 0.478 e. The van der Waals surface area contributed by atoms with Crippen LogP contribution in [0.2, 0.25) is 0 Å². The summed E-state index contributed by atoms with van der Waals surface area (Å²) < 4.78 is 5.37. The first-order valence-corrected chi connectivity index (χ1v) is 7.92. The van der Waals surface area contributed by atoms with E-state index in [-0.39, 0.29) is 0 Å². The van der Waals surface area contributed by atoms with Crippen molar-refractivity contribution in [3.8, 4) is 0 Å². The molecule has 1 N–H and O–H groups in total. The van der Waals surface area contributed by atoms with Crippen LogP contribution in [0.1, 0.15) is 30.0 Å². The monoisotopic (exact) mass is 305 g/mol. The number of carbonyl (C=O) groups is 1. The van der Waals surface area contributed by atoms with E-state index in [4.69, 9.17) is 4.42 Å². The van der Waals surface area contributed by atoms with Crippen molar-refractivity contribution in [2.75, 3.05) is 17.2 Å². The van der Waals surface area contributed by atoms with Gasteiger partial charge in [0.15, 0.2) is 0 Å². The predicted molar refractivity (Wildman–Crippen MR) is 85.2 cm³/mol. The average Bonchev–Trinajstić information content (AvgIpc) is 2.97. The van der Waals surface area contributed by atoms with Crippen LogP contribution in [0.25, 0.3) is 0 Å². The maximum absolute atomic E-state index is 11.7. The van der Waals surface area contributed by atoms with Crippen LogP contribution in [-0.4, -0.2) is 23.4 Å². The number of rotatable bonds is 7. The highest BCUT2D eigenvalue weighted by Crippen LogP contribution is 2.31. The zero-order chi connectivity index (χ0) is 15.2. The lowest BCUT2D eigenvalue weighted by Crippen LogP contribution is -2.24. The number of carboxylic acid groups (broad SMARTS) is 1. The third-order valence-electron chi connectivity index (χ3n) is 3.17. The highest BCUT2D eigenvalue weighted by Gasteiger charge is 2.19. The first-order valence-electron chi connectivity index (χ1n) is 6.93. The Balaban J connectivity index is 2.40. The summed E-state index contributed by atoms with van der Waals surface area (Å²) in [5.41, 5.74) is 1.11. The van der Waals surface area contributed by atoms with Gasteiger partial charge in [0.1, 0.15) is 5.76 Å². The Labute approximate surface area is 128 Å². The minimum absolute atomic E-state index is 0.373. The molecule has 1 heterocycles. The fourth-order valence-electron chi connectivity index (χ4n) is 2.23. The Kier molecular flexibility index (Phi) is 5.33. The topological polar surface area (TPSA) is 53.7 Å².